The van der Waals surface area contributed by atoms with Crippen molar-refractivity contribution in [2.24, 2.45) is 5.92 Å². The number of benzene rings is 1. The molecule has 5 heteroatoms. The third-order valence-electron chi connectivity index (χ3n) is 5.02. The van der Waals surface area contributed by atoms with E-state index in [4.69, 9.17) is 0 Å². The Morgan fingerprint density at radius 1 is 1.05 bits per heavy atom. The van der Waals surface area contributed by atoms with Gasteiger partial charge in [0.2, 0.25) is 0 Å². The van der Waals surface area contributed by atoms with Crippen LogP contribution in [-0.4, -0.2) is 36.2 Å². The van der Waals surface area contributed by atoms with E-state index in [0.717, 1.165) is 41.0 Å². The summed E-state index contributed by atoms with van der Waals surface area (Å²) in [5.41, 5.74) is 1.32. The molecule has 0 amide bonds. The maximum absolute atomic E-state index is 10.0. The van der Waals surface area contributed by atoms with Gasteiger partial charge < -0.3 is 10.4 Å². The molecule has 122 valence electrons. The summed E-state index contributed by atoms with van der Waals surface area (Å²) in [6, 6.07) is 4.69. The van der Waals surface area contributed by atoms with Crippen LogP contribution in [0.25, 0.3) is 0 Å². The van der Waals surface area contributed by atoms with Crippen molar-refractivity contribution in [3.8, 4) is 5.75 Å². The minimum absolute atomic E-state index is 0.298. The molecule has 3 nitrogen and oxygen atoms in total. The number of nitrogens with one attached hydrogen (secondary N) is 1. The zero-order valence-corrected chi connectivity index (χ0v) is 16.0. The Morgan fingerprint density at radius 3 is 2.23 bits per heavy atom. The fraction of sp³-hybridized carbons (Fsp3) is 0.647. The molecule has 0 aromatic heterocycles. The fourth-order valence-electron chi connectivity index (χ4n) is 3.95. The molecule has 2 fully saturated rings. The summed E-state index contributed by atoms with van der Waals surface area (Å²) in [5.74, 6) is 1.03. The van der Waals surface area contributed by atoms with Crippen LogP contribution in [0.3, 0.4) is 0 Å². The first-order chi connectivity index (χ1) is 10.7. The average Bonchev–Trinajstić information content (AvgIpc) is 2.55. The number of halogens is 2. The van der Waals surface area contributed by atoms with Crippen LogP contribution < -0.4 is 5.32 Å². The van der Waals surface area contributed by atoms with Crippen LogP contribution in [0, 0.1) is 5.92 Å². The van der Waals surface area contributed by atoms with Crippen LogP contribution in [0.5, 0.6) is 5.75 Å². The van der Waals surface area contributed by atoms with E-state index >= 15 is 0 Å². The molecule has 0 spiro atoms. The van der Waals surface area contributed by atoms with Crippen LogP contribution in [-0.2, 0) is 0 Å². The van der Waals surface area contributed by atoms with Crippen LogP contribution in [0.4, 0.5) is 0 Å². The maximum atomic E-state index is 10.0. The van der Waals surface area contributed by atoms with Crippen LogP contribution in [0.2, 0.25) is 0 Å². The second kappa shape index (κ2) is 7.65. The monoisotopic (exact) mass is 430 g/mol. The molecule has 1 heterocycles. The summed E-state index contributed by atoms with van der Waals surface area (Å²) in [7, 11) is 0. The predicted octanol–water partition coefficient (Wildman–Crippen LogP) is 4.44. The predicted molar refractivity (Wildman–Crippen MR) is 97.3 cm³/mol. The van der Waals surface area contributed by atoms with Crippen molar-refractivity contribution >= 4 is 31.9 Å². The van der Waals surface area contributed by atoms with Gasteiger partial charge in [0.15, 0.2) is 0 Å². The van der Waals surface area contributed by atoms with E-state index in [0.29, 0.717) is 11.8 Å². The Bertz CT molecular complexity index is 470. The van der Waals surface area contributed by atoms with Crippen molar-refractivity contribution in [2.75, 3.05) is 26.2 Å². The average molecular weight is 432 g/mol. The minimum atomic E-state index is 0.298. The number of nitrogens with zero attached hydrogens (tertiary/aromatic N) is 1. The van der Waals surface area contributed by atoms with Gasteiger partial charge in [-0.2, -0.15) is 0 Å². The highest BCUT2D eigenvalue weighted by atomic mass is 79.9. The molecule has 0 radical (unpaired) electrons. The first kappa shape index (κ1) is 16.7. The number of hydrogen-bond donors (Lipinski definition) is 2. The number of rotatable bonds is 3. The third-order valence-corrected chi connectivity index (χ3v) is 6.23. The summed E-state index contributed by atoms with van der Waals surface area (Å²) < 4.78 is 1.57. The summed E-state index contributed by atoms with van der Waals surface area (Å²) in [6.07, 6.45) is 6.74. The highest BCUT2D eigenvalue weighted by molar-refractivity contribution is 9.11. The number of hydrogen-bond acceptors (Lipinski definition) is 3. The lowest BCUT2D eigenvalue weighted by molar-refractivity contribution is 0.103. The van der Waals surface area contributed by atoms with Gasteiger partial charge in [0, 0.05) is 32.2 Å². The zero-order chi connectivity index (χ0) is 15.5. The van der Waals surface area contributed by atoms with Crippen molar-refractivity contribution < 1.29 is 5.11 Å². The van der Waals surface area contributed by atoms with Gasteiger partial charge in [-0.25, -0.2) is 0 Å². The first-order valence-electron chi connectivity index (χ1n) is 8.29. The van der Waals surface area contributed by atoms with E-state index in [1.807, 2.05) is 0 Å². The van der Waals surface area contributed by atoms with Crippen molar-refractivity contribution in [2.45, 2.75) is 38.1 Å². The second-order valence-electron chi connectivity index (χ2n) is 6.46. The Kier molecular flexibility index (Phi) is 5.82. The number of piperazine rings is 1. The van der Waals surface area contributed by atoms with Gasteiger partial charge in [-0.15, -0.1) is 0 Å². The van der Waals surface area contributed by atoms with Gasteiger partial charge in [-0.05, 0) is 68.3 Å². The molecule has 3 rings (SSSR count). The molecule has 2 N–H and O–H groups in total. The van der Waals surface area contributed by atoms with Crippen LogP contribution >= 0.6 is 31.9 Å². The Hall–Kier alpha value is -0.100. The lowest BCUT2D eigenvalue weighted by Crippen LogP contribution is -2.47. The summed E-state index contributed by atoms with van der Waals surface area (Å²) >= 11 is 7.00. The quantitative estimate of drug-likeness (QED) is 0.742. The van der Waals surface area contributed by atoms with Crippen molar-refractivity contribution in [3.05, 3.63) is 26.6 Å². The van der Waals surface area contributed by atoms with Gasteiger partial charge in [-0.1, -0.05) is 19.3 Å². The molecule has 22 heavy (non-hydrogen) atoms. The molecular weight excluding hydrogens is 408 g/mol. The molecule has 1 aromatic carbocycles. The molecule has 0 bridgehead atoms. The molecule has 1 aliphatic heterocycles. The number of phenols is 1. The van der Waals surface area contributed by atoms with Gasteiger partial charge >= 0.3 is 0 Å². The maximum Gasteiger partial charge on any atom is 0.143 e. The molecule has 1 atom stereocenters. The van der Waals surface area contributed by atoms with E-state index in [1.165, 1.54) is 37.7 Å². The second-order valence-corrected chi connectivity index (χ2v) is 8.17. The van der Waals surface area contributed by atoms with Gasteiger partial charge in [0.1, 0.15) is 5.75 Å². The third kappa shape index (κ3) is 3.69. The fourth-order valence-corrected chi connectivity index (χ4v) is 5.17. The summed E-state index contributed by atoms with van der Waals surface area (Å²) in [6.45, 7) is 4.36. The van der Waals surface area contributed by atoms with Gasteiger partial charge in [-0.3, -0.25) is 4.90 Å². The highest BCUT2D eigenvalue weighted by Crippen LogP contribution is 2.42. The first-order valence-corrected chi connectivity index (χ1v) is 9.88. The smallest absolute Gasteiger partial charge is 0.143 e. The van der Waals surface area contributed by atoms with Crippen molar-refractivity contribution in [3.63, 3.8) is 0 Å². The molecule has 0 unspecified atom stereocenters. The van der Waals surface area contributed by atoms with Crippen molar-refractivity contribution in [1.29, 1.82) is 0 Å². The van der Waals surface area contributed by atoms with E-state index < -0.39 is 0 Å². The van der Waals surface area contributed by atoms with Crippen molar-refractivity contribution in [1.82, 2.24) is 10.2 Å². The normalized spacial score (nSPS) is 22.6. The SMILES string of the molecule is Oc1c(Br)cc([C@H](C2CCCCC2)N2CCNCC2)cc1Br. The lowest BCUT2D eigenvalue weighted by atomic mass is 9.80. The minimum Gasteiger partial charge on any atom is -0.506 e. The Balaban J connectivity index is 1.92. The lowest BCUT2D eigenvalue weighted by Gasteiger charge is -2.41. The largest absolute Gasteiger partial charge is 0.506 e. The summed E-state index contributed by atoms with van der Waals surface area (Å²) in [5, 5.41) is 13.5. The van der Waals surface area contributed by atoms with E-state index in [2.05, 4.69) is 54.2 Å². The number of aromatic hydroxyl groups is 1. The standard InChI is InChI=1S/C17H24Br2N2O/c18-14-10-13(11-15(19)17(14)22)16(12-4-2-1-3-5-12)21-8-6-20-7-9-21/h10-12,16,20,22H,1-9H2/t16-/m0/s1. The Labute approximate surface area is 149 Å². The molecule has 1 aliphatic carbocycles. The van der Waals surface area contributed by atoms with Gasteiger partial charge in [0.25, 0.3) is 0 Å². The summed E-state index contributed by atoms with van der Waals surface area (Å²) in [4.78, 5) is 2.64. The highest BCUT2D eigenvalue weighted by Gasteiger charge is 2.31. The Morgan fingerprint density at radius 2 is 1.64 bits per heavy atom. The molecule has 1 aromatic rings. The van der Waals surface area contributed by atoms with E-state index in [-0.39, 0.29) is 0 Å². The van der Waals surface area contributed by atoms with E-state index in [9.17, 15) is 5.11 Å². The molecule has 1 saturated carbocycles. The van der Waals surface area contributed by atoms with Gasteiger partial charge in [0.05, 0.1) is 8.95 Å². The molecule has 1 saturated heterocycles. The zero-order valence-electron chi connectivity index (χ0n) is 12.8. The molecule has 2 aliphatic rings. The topological polar surface area (TPSA) is 35.5 Å². The number of phenolic OH excluding ortho intramolecular Hbond substituents is 1. The van der Waals surface area contributed by atoms with Crippen LogP contribution in [0.15, 0.2) is 21.1 Å². The van der Waals surface area contributed by atoms with E-state index in [1.54, 1.807) is 0 Å². The molecular formula is C17H24Br2N2O. The van der Waals surface area contributed by atoms with Crippen LogP contribution in [0.1, 0.15) is 43.7 Å².